The van der Waals surface area contributed by atoms with Gasteiger partial charge in [0, 0.05) is 24.5 Å². The largest absolute Gasteiger partial charge is 0.377 e. The maximum atomic E-state index is 12.6. The molecule has 1 aliphatic heterocycles. The van der Waals surface area contributed by atoms with Crippen molar-refractivity contribution in [2.24, 2.45) is 22.5 Å². The van der Waals surface area contributed by atoms with Gasteiger partial charge in [0.25, 0.3) is 0 Å². The van der Waals surface area contributed by atoms with E-state index in [1.165, 1.54) is 12.8 Å². The Morgan fingerprint density at radius 1 is 1.35 bits per heavy atom. The third-order valence-electron chi connectivity index (χ3n) is 5.84. The molecule has 0 spiro atoms. The molecule has 0 radical (unpaired) electrons. The van der Waals surface area contributed by atoms with Gasteiger partial charge in [0.15, 0.2) is 0 Å². The Morgan fingerprint density at radius 2 is 2.00 bits per heavy atom. The number of nitrogens with two attached hydrogens (primary N) is 1. The Bertz CT molecular complexity index is 409. The van der Waals surface area contributed by atoms with Crippen LogP contribution in [0.4, 0.5) is 0 Å². The lowest BCUT2D eigenvalue weighted by molar-refractivity contribution is -0.225. The second-order valence-electron chi connectivity index (χ2n) is 7.62. The topological polar surface area (TPSA) is 64.4 Å². The van der Waals surface area contributed by atoms with Gasteiger partial charge in [-0.3, -0.25) is 4.79 Å². The summed E-state index contributed by atoms with van der Waals surface area (Å²) in [5.41, 5.74) is 5.83. The number of rotatable bonds is 3. The number of ether oxygens (including phenoxy) is 1. The molecule has 1 saturated heterocycles. The molecule has 2 saturated carbocycles. The molecular weight excluding hydrogens is 276 g/mol. The minimum Gasteiger partial charge on any atom is -0.377 e. The molecule has 3 unspecified atom stereocenters. The van der Waals surface area contributed by atoms with Crippen LogP contribution in [-0.2, 0) is 9.53 Å². The molecule has 1 heterocycles. The number of carbonyl (C=O) groups excluding carboxylic acids is 1. The molecule has 3 aliphatic rings. The van der Waals surface area contributed by atoms with E-state index in [0.717, 1.165) is 26.0 Å². The number of fused-ring (bicyclic) bond motifs is 1. The molecule has 1 amide bonds. The first-order valence-corrected chi connectivity index (χ1v) is 7.50. The molecule has 0 aromatic heterocycles. The lowest BCUT2D eigenvalue weighted by Gasteiger charge is -2.65. The normalized spacial score (nSPS) is 39.8. The van der Waals surface area contributed by atoms with Gasteiger partial charge in [-0.2, -0.15) is 0 Å². The summed E-state index contributed by atoms with van der Waals surface area (Å²) >= 11 is 0. The van der Waals surface area contributed by atoms with Crippen molar-refractivity contribution in [2.75, 3.05) is 13.2 Å². The van der Waals surface area contributed by atoms with Crippen molar-refractivity contribution >= 4 is 18.3 Å². The lowest BCUT2D eigenvalue weighted by Crippen LogP contribution is -2.82. The van der Waals surface area contributed by atoms with Gasteiger partial charge in [0.05, 0.1) is 6.10 Å². The second-order valence-corrected chi connectivity index (χ2v) is 7.62. The Hall–Kier alpha value is -0.320. The summed E-state index contributed by atoms with van der Waals surface area (Å²) in [5.74, 6) is 0.209. The molecular formula is C15H27ClN2O2. The zero-order valence-electron chi connectivity index (χ0n) is 12.7. The third-order valence-corrected chi connectivity index (χ3v) is 5.84. The van der Waals surface area contributed by atoms with E-state index in [1.807, 2.05) is 0 Å². The zero-order valence-corrected chi connectivity index (χ0v) is 13.5. The molecule has 3 fully saturated rings. The van der Waals surface area contributed by atoms with Gasteiger partial charge in [0.1, 0.15) is 5.54 Å². The van der Waals surface area contributed by atoms with Crippen LogP contribution in [0.3, 0.4) is 0 Å². The van der Waals surface area contributed by atoms with E-state index in [4.69, 9.17) is 10.5 Å². The summed E-state index contributed by atoms with van der Waals surface area (Å²) in [5, 5.41) is 3.10. The van der Waals surface area contributed by atoms with Crippen LogP contribution in [0.25, 0.3) is 0 Å². The van der Waals surface area contributed by atoms with Crippen molar-refractivity contribution in [3.05, 3.63) is 0 Å². The van der Waals surface area contributed by atoms with Crippen molar-refractivity contribution in [1.29, 1.82) is 0 Å². The summed E-state index contributed by atoms with van der Waals surface area (Å²) in [7, 11) is 0. The highest BCUT2D eigenvalue weighted by Crippen LogP contribution is 2.57. The Morgan fingerprint density at radius 3 is 2.60 bits per heavy atom. The van der Waals surface area contributed by atoms with Crippen molar-refractivity contribution in [1.82, 2.24) is 5.32 Å². The maximum absolute atomic E-state index is 12.6. The van der Waals surface area contributed by atoms with E-state index in [1.54, 1.807) is 0 Å². The molecule has 3 atom stereocenters. The number of hydrogen-bond acceptors (Lipinski definition) is 3. The maximum Gasteiger partial charge on any atom is 0.241 e. The molecule has 2 aliphatic carbocycles. The summed E-state index contributed by atoms with van der Waals surface area (Å²) in [6.45, 7) is 7.92. The highest BCUT2D eigenvalue weighted by Gasteiger charge is 2.70. The predicted molar refractivity (Wildman–Crippen MR) is 80.8 cm³/mol. The molecule has 3 N–H and O–H groups in total. The minimum absolute atomic E-state index is 0. The molecule has 20 heavy (non-hydrogen) atoms. The van der Waals surface area contributed by atoms with E-state index < -0.39 is 5.54 Å². The summed E-state index contributed by atoms with van der Waals surface area (Å²) in [6, 6.07) is 0. The Kier molecular flexibility index (Phi) is 3.90. The SMILES string of the molecule is CC1(CNC(=O)C2(N)C3CCCOC3C2(C)C)CC1.Cl. The van der Waals surface area contributed by atoms with Crippen LogP contribution in [0.1, 0.15) is 46.5 Å². The number of hydrogen-bond donors (Lipinski definition) is 2. The molecule has 0 bridgehead atoms. The van der Waals surface area contributed by atoms with Crippen LogP contribution in [0.2, 0.25) is 0 Å². The first-order valence-electron chi connectivity index (χ1n) is 7.50. The first-order chi connectivity index (χ1) is 8.81. The molecule has 5 heteroatoms. The van der Waals surface area contributed by atoms with Gasteiger partial charge in [-0.25, -0.2) is 0 Å². The predicted octanol–water partition coefficient (Wildman–Crippen LogP) is 1.86. The van der Waals surface area contributed by atoms with Crippen molar-refractivity contribution in [2.45, 2.75) is 58.1 Å². The standard InChI is InChI=1S/C15H26N2O2.ClH/c1-13(2)11-10(5-4-8-19-11)15(13,16)12(18)17-9-14(3)6-7-14;/h10-11H,4-9,16H2,1-3H3,(H,17,18);1H. The monoisotopic (exact) mass is 302 g/mol. The quantitative estimate of drug-likeness (QED) is 0.836. The van der Waals surface area contributed by atoms with Crippen LogP contribution in [0.15, 0.2) is 0 Å². The fourth-order valence-electron chi connectivity index (χ4n) is 3.87. The smallest absolute Gasteiger partial charge is 0.241 e. The fourth-order valence-corrected chi connectivity index (χ4v) is 3.87. The molecule has 4 nitrogen and oxygen atoms in total. The van der Waals surface area contributed by atoms with Crippen molar-refractivity contribution in [3.8, 4) is 0 Å². The highest BCUT2D eigenvalue weighted by molar-refractivity contribution is 5.89. The van der Waals surface area contributed by atoms with Crippen LogP contribution < -0.4 is 11.1 Å². The second kappa shape index (κ2) is 4.85. The van der Waals surface area contributed by atoms with Crippen molar-refractivity contribution in [3.63, 3.8) is 0 Å². The van der Waals surface area contributed by atoms with Gasteiger partial charge < -0.3 is 15.8 Å². The highest BCUT2D eigenvalue weighted by atomic mass is 35.5. The summed E-state index contributed by atoms with van der Waals surface area (Å²) in [4.78, 5) is 12.6. The number of halogens is 1. The van der Waals surface area contributed by atoms with Crippen LogP contribution in [-0.4, -0.2) is 30.7 Å². The lowest BCUT2D eigenvalue weighted by atomic mass is 9.46. The Balaban J connectivity index is 0.00000147. The molecule has 0 aromatic rings. The molecule has 116 valence electrons. The van der Waals surface area contributed by atoms with E-state index in [0.29, 0.717) is 5.41 Å². The minimum atomic E-state index is -0.761. The number of amides is 1. The van der Waals surface area contributed by atoms with Crippen LogP contribution >= 0.6 is 12.4 Å². The zero-order chi connectivity index (χ0) is 13.9. The fraction of sp³-hybridized carbons (Fsp3) is 0.933. The van der Waals surface area contributed by atoms with E-state index in [2.05, 4.69) is 26.1 Å². The van der Waals surface area contributed by atoms with E-state index in [-0.39, 0.29) is 35.8 Å². The third kappa shape index (κ3) is 2.08. The van der Waals surface area contributed by atoms with E-state index >= 15 is 0 Å². The van der Waals surface area contributed by atoms with E-state index in [9.17, 15) is 4.79 Å². The first kappa shape index (κ1) is 16.1. The average Bonchev–Trinajstić information content (AvgIpc) is 3.13. The van der Waals surface area contributed by atoms with Crippen LogP contribution in [0, 0.1) is 16.7 Å². The number of carbonyl (C=O) groups is 1. The van der Waals surface area contributed by atoms with Gasteiger partial charge in [-0.15, -0.1) is 12.4 Å². The number of nitrogens with one attached hydrogen (secondary N) is 1. The summed E-state index contributed by atoms with van der Waals surface area (Å²) in [6.07, 6.45) is 4.59. The van der Waals surface area contributed by atoms with Crippen LogP contribution in [0.5, 0.6) is 0 Å². The molecule has 0 aromatic carbocycles. The summed E-state index contributed by atoms with van der Waals surface area (Å²) < 4.78 is 5.84. The Labute approximate surface area is 127 Å². The van der Waals surface area contributed by atoms with Gasteiger partial charge in [0.2, 0.25) is 5.91 Å². The van der Waals surface area contributed by atoms with Crippen molar-refractivity contribution < 1.29 is 9.53 Å². The van der Waals surface area contributed by atoms with Gasteiger partial charge in [-0.1, -0.05) is 20.8 Å². The van der Waals surface area contributed by atoms with Gasteiger partial charge in [-0.05, 0) is 31.1 Å². The van der Waals surface area contributed by atoms with Gasteiger partial charge >= 0.3 is 0 Å². The average molecular weight is 303 g/mol. The molecule has 3 rings (SSSR count).